The average Bonchev–Trinajstić information content (AvgIpc) is 2.28. The number of hydrogen-bond acceptors (Lipinski definition) is 4. The first-order valence-electron chi connectivity index (χ1n) is 4.41. The zero-order valence-corrected chi connectivity index (χ0v) is 12.4. The van der Waals surface area contributed by atoms with Crippen LogP contribution in [0.3, 0.4) is 0 Å². The molecule has 0 spiro atoms. The zero-order valence-electron chi connectivity index (χ0n) is 9.46. The van der Waals surface area contributed by atoms with Crippen LogP contribution in [0.25, 0.3) is 0 Å². The molecule has 0 atom stereocenters. The van der Waals surface area contributed by atoms with E-state index in [4.69, 9.17) is 21.1 Å². The molecular weight excluding hydrogens is 344 g/mol. The fourth-order valence-corrected chi connectivity index (χ4v) is 1.20. The van der Waals surface area contributed by atoms with Crippen molar-refractivity contribution in [1.29, 1.82) is 0 Å². The first-order valence-corrected chi connectivity index (χ1v) is 5.87. The molecule has 0 aromatic carbocycles. The van der Waals surface area contributed by atoms with E-state index in [-0.39, 0.29) is 11.6 Å². The highest BCUT2D eigenvalue weighted by Crippen LogP contribution is 2.11. The SMILES string of the molecule is C=NC(Cl)=N/C(NCC(OC)OC)=C(\C)I. The molecule has 1 N–H and O–H groups in total. The van der Waals surface area contributed by atoms with Crippen LogP contribution in [0.2, 0.25) is 0 Å². The number of rotatable bonds is 6. The number of nitrogens with one attached hydrogen (secondary N) is 1. The van der Waals surface area contributed by atoms with Crippen LogP contribution in [-0.4, -0.2) is 39.1 Å². The number of aliphatic imine (C=N–C) groups is 2. The standard InChI is InChI=1S/C9H15ClIN3O2/c1-6(11)8(14-9(10)12-2)13-5-7(15-3)16-4/h7,13H,2,5H2,1,3-4H3/b8-6+,14-9?. The van der Waals surface area contributed by atoms with Gasteiger partial charge in [-0.15, -0.1) is 0 Å². The maximum absolute atomic E-state index is 5.67. The predicted octanol–water partition coefficient (Wildman–Crippen LogP) is 2.11. The normalized spacial score (nSPS) is 13.8. The fraction of sp³-hybridized carbons (Fsp3) is 0.556. The summed E-state index contributed by atoms with van der Waals surface area (Å²) in [6.45, 7) is 5.65. The van der Waals surface area contributed by atoms with Gasteiger partial charge in [-0.05, 0) is 47.8 Å². The lowest BCUT2D eigenvalue weighted by atomic mass is 10.5. The number of halogens is 2. The Morgan fingerprint density at radius 3 is 2.44 bits per heavy atom. The maximum atomic E-state index is 5.67. The van der Waals surface area contributed by atoms with Crippen molar-refractivity contribution < 1.29 is 9.47 Å². The largest absolute Gasteiger partial charge is 0.364 e. The molecule has 0 aliphatic carbocycles. The van der Waals surface area contributed by atoms with Gasteiger partial charge in [0.2, 0.25) is 5.29 Å². The molecule has 5 nitrogen and oxygen atoms in total. The zero-order chi connectivity index (χ0) is 12.6. The van der Waals surface area contributed by atoms with Crippen molar-refractivity contribution in [3.63, 3.8) is 0 Å². The Bertz CT molecular complexity index is 286. The van der Waals surface area contributed by atoms with E-state index in [0.29, 0.717) is 12.4 Å². The molecule has 0 heterocycles. The Kier molecular flexibility index (Phi) is 8.81. The Hall–Kier alpha value is -0.180. The van der Waals surface area contributed by atoms with Gasteiger partial charge in [-0.3, -0.25) is 0 Å². The number of amidine groups is 1. The van der Waals surface area contributed by atoms with Crippen LogP contribution in [-0.2, 0) is 9.47 Å². The van der Waals surface area contributed by atoms with Gasteiger partial charge < -0.3 is 14.8 Å². The minimum Gasteiger partial charge on any atom is -0.364 e. The van der Waals surface area contributed by atoms with Crippen molar-refractivity contribution in [2.75, 3.05) is 20.8 Å². The topological polar surface area (TPSA) is 55.2 Å². The van der Waals surface area contributed by atoms with Crippen molar-refractivity contribution in [3.05, 3.63) is 9.40 Å². The lowest BCUT2D eigenvalue weighted by molar-refractivity contribution is -0.0976. The van der Waals surface area contributed by atoms with Gasteiger partial charge in [-0.1, -0.05) is 0 Å². The van der Waals surface area contributed by atoms with Crippen LogP contribution >= 0.6 is 34.2 Å². The number of hydrogen-bond donors (Lipinski definition) is 1. The van der Waals surface area contributed by atoms with Gasteiger partial charge in [0.15, 0.2) is 6.29 Å². The summed E-state index contributed by atoms with van der Waals surface area (Å²) in [5.41, 5.74) is 0. The van der Waals surface area contributed by atoms with E-state index in [1.165, 1.54) is 0 Å². The van der Waals surface area contributed by atoms with Crippen LogP contribution in [0.5, 0.6) is 0 Å². The molecule has 7 heteroatoms. The first-order chi connectivity index (χ1) is 7.54. The molecule has 0 rings (SSSR count). The molecule has 0 unspecified atom stereocenters. The summed E-state index contributed by atoms with van der Waals surface area (Å²) in [5.74, 6) is 0.622. The number of allylic oxidation sites excluding steroid dienone is 1. The van der Waals surface area contributed by atoms with Crippen molar-refractivity contribution in [1.82, 2.24) is 5.32 Å². The lowest BCUT2D eigenvalue weighted by Gasteiger charge is -2.15. The van der Waals surface area contributed by atoms with E-state index < -0.39 is 0 Å². The van der Waals surface area contributed by atoms with Gasteiger partial charge >= 0.3 is 0 Å². The summed E-state index contributed by atoms with van der Waals surface area (Å²) < 4.78 is 11.0. The van der Waals surface area contributed by atoms with E-state index in [0.717, 1.165) is 3.58 Å². The molecule has 0 aliphatic rings. The summed E-state index contributed by atoms with van der Waals surface area (Å²) in [6.07, 6.45) is -0.337. The third kappa shape index (κ3) is 6.41. The molecule has 92 valence electrons. The molecular formula is C9H15ClIN3O2. The molecule has 0 aliphatic heterocycles. The fourth-order valence-electron chi connectivity index (χ4n) is 0.809. The highest BCUT2D eigenvalue weighted by Gasteiger charge is 2.07. The molecule has 0 saturated carbocycles. The molecule has 0 radical (unpaired) electrons. The summed E-state index contributed by atoms with van der Waals surface area (Å²) in [6, 6.07) is 0. The molecule has 0 fully saturated rings. The molecule has 0 aromatic heterocycles. The average molecular weight is 360 g/mol. The smallest absolute Gasteiger partial charge is 0.223 e. The van der Waals surface area contributed by atoms with E-state index >= 15 is 0 Å². The van der Waals surface area contributed by atoms with E-state index in [2.05, 4.69) is 44.6 Å². The molecule has 0 amide bonds. The van der Waals surface area contributed by atoms with Crippen LogP contribution < -0.4 is 5.32 Å². The van der Waals surface area contributed by atoms with Crippen molar-refractivity contribution in [3.8, 4) is 0 Å². The Morgan fingerprint density at radius 2 is 2.06 bits per heavy atom. The van der Waals surface area contributed by atoms with Crippen LogP contribution in [0, 0.1) is 0 Å². The van der Waals surface area contributed by atoms with Crippen LogP contribution in [0.4, 0.5) is 0 Å². The van der Waals surface area contributed by atoms with Crippen molar-refractivity contribution in [2.45, 2.75) is 13.2 Å². The van der Waals surface area contributed by atoms with Crippen molar-refractivity contribution >= 4 is 46.2 Å². The van der Waals surface area contributed by atoms with Gasteiger partial charge in [0, 0.05) is 17.8 Å². The van der Waals surface area contributed by atoms with Gasteiger partial charge in [0.05, 0.1) is 6.54 Å². The van der Waals surface area contributed by atoms with Gasteiger partial charge in [-0.2, -0.15) is 0 Å². The molecule has 16 heavy (non-hydrogen) atoms. The number of nitrogens with zero attached hydrogens (tertiary/aromatic N) is 2. The van der Waals surface area contributed by atoms with Gasteiger partial charge in [0.1, 0.15) is 5.82 Å². The highest BCUT2D eigenvalue weighted by atomic mass is 127. The summed E-state index contributed by atoms with van der Waals surface area (Å²) >= 11 is 7.80. The Balaban J connectivity index is 4.50. The highest BCUT2D eigenvalue weighted by molar-refractivity contribution is 14.1. The third-order valence-electron chi connectivity index (χ3n) is 1.62. The first kappa shape index (κ1) is 15.8. The second-order valence-electron chi connectivity index (χ2n) is 2.70. The summed E-state index contributed by atoms with van der Waals surface area (Å²) in [7, 11) is 3.13. The summed E-state index contributed by atoms with van der Waals surface area (Å²) in [5, 5.41) is 3.14. The van der Waals surface area contributed by atoms with Crippen LogP contribution in [0.15, 0.2) is 19.4 Å². The van der Waals surface area contributed by atoms with Crippen LogP contribution in [0.1, 0.15) is 6.92 Å². The minimum atomic E-state index is -0.337. The second kappa shape index (κ2) is 8.91. The Morgan fingerprint density at radius 1 is 1.50 bits per heavy atom. The van der Waals surface area contributed by atoms with E-state index in [1.54, 1.807) is 14.2 Å². The van der Waals surface area contributed by atoms with Crippen molar-refractivity contribution in [2.24, 2.45) is 9.98 Å². The second-order valence-corrected chi connectivity index (χ2v) is 4.66. The summed E-state index contributed by atoms with van der Waals surface area (Å²) in [4.78, 5) is 7.54. The number of methoxy groups -OCH3 is 2. The maximum Gasteiger partial charge on any atom is 0.223 e. The molecule has 0 bridgehead atoms. The van der Waals surface area contributed by atoms with E-state index in [1.807, 2.05) is 6.92 Å². The lowest BCUT2D eigenvalue weighted by Crippen LogP contribution is -2.29. The Labute approximate surface area is 114 Å². The predicted molar refractivity (Wildman–Crippen MR) is 75.4 cm³/mol. The third-order valence-corrected chi connectivity index (χ3v) is 2.34. The monoisotopic (exact) mass is 359 g/mol. The van der Waals surface area contributed by atoms with Gasteiger partial charge in [-0.25, -0.2) is 9.98 Å². The quantitative estimate of drug-likeness (QED) is 0.260. The molecule has 0 aromatic rings. The van der Waals surface area contributed by atoms with E-state index in [9.17, 15) is 0 Å². The molecule has 0 saturated heterocycles. The number of ether oxygens (including phenoxy) is 2. The van der Waals surface area contributed by atoms with Gasteiger partial charge in [0.25, 0.3) is 0 Å². The minimum absolute atomic E-state index is 0.0879.